The van der Waals surface area contributed by atoms with Crippen molar-refractivity contribution in [2.75, 3.05) is 24.6 Å². The van der Waals surface area contributed by atoms with E-state index in [1.54, 1.807) is 25.1 Å². The van der Waals surface area contributed by atoms with Crippen LogP contribution in [-0.2, 0) is 9.53 Å². The fourth-order valence-electron chi connectivity index (χ4n) is 2.69. The quantitative estimate of drug-likeness (QED) is 0.271. The normalized spacial score (nSPS) is 14.8. The smallest absolute Gasteiger partial charge is 0.348 e. The van der Waals surface area contributed by atoms with Crippen molar-refractivity contribution >= 4 is 23.4 Å². The Kier molecular flexibility index (Phi) is 5.90. The minimum absolute atomic E-state index is 0.0215. The molecule has 0 aromatic heterocycles. The monoisotopic (exact) mass is 329 g/mol. The topological polar surface area (TPSA) is 96.5 Å². The fraction of sp³-hybridized carbons (Fsp3) is 0.412. The number of carbonyl (C=O) groups is 1. The number of hydrogen-bond acceptors (Lipinski definition) is 6. The second-order valence-electron chi connectivity index (χ2n) is 5.44. The minimum atomic E-state index is -0.734. The first-order valence-corrected chi connectivity index (χ1v) is 7.89. The Morgan fingerprint density at radius 2 is 2.12 bits per heavy atom. The van der Waals surface area contributed by atoms with Crippen LogP contribution in [0.15, 0.2) is 23.8 Å². The molecule has 1 aromatic rings. The molecule has 1 heterocycles. The number of ether oxygens (including phenoxy) is 1. The number of hydrogen-bond donors (Lipinski definition) is 0. The number of piperidine rings is 1. The van der Waals surface area contributed by atoms with Gasteiger partial charge in [-0.25, -0.2) is 4.79 Å². The maximum absolute atomic E-state index is 11.7. The Hall–Kier alpha value is -2.88. The molecule has 1 aliphatic heterocycles. The number of rotatable bonds is 5. The Morgan fingerprint density at radius 1 is 1.42 bits per heavy atom. The van der Waals surface area contributed by atoms with Crippen molar-refractivity contribution in [3.05, 3.63) is 39.4 Å². The number of anilines is 1. The zero-order valence-electron chi connectivity index (χ0n) is 13.5. The average molecular weight is 329 g/mol. The summed E-state index contributed by atoms with van der Waals surface area (Å²) < 4.78 is 4.79. The summed E-state index contributed by atoms with van der Waals surface area (Å²) in [5.41, 5.74) is 0.794. The number of nitro groups is 1. The standard InChI is InChI=1S/C17H19N3O4/c1-2-24-17(21)14(12-18)10-13-6-7-15(16(11-13)20(22)23)19-8-4-3-5-9-19/h6-7,10-11H,2-5,8-9H2,1H3/b14-10+. The third-order valence-corrected chi connectivity index (χ3v) is 3.82. The van der Waals surface area contributed by atoms with Gasteiger partial charge in [-0.1, -0.05) is 6.07 Å². The number of nitriles is 1. The van der Waals surface area contributed by atoms with E-state index in [-0.39, 0.29) is 17.9 Å². The Morgan fingerprint density at radius 3 is 2.71 bits per heavy atom. The highest BCUT2D eigenvalue weighted by Crippen LogP contribution is 2.31. The van der Waals surface area contributed by atoms with Gasteiger partial charge in [-0.15, -0.1) is 0 Å². The summed E-state index contributed by atoms with van der Waals surface area (Å²) >= 11 is 0. The van der Waals surface area contributed by atoms with Gasteiger partial charge in [0.15, 0.2) is 0 Å². The molecule has 126 valence electrons. The predicted octanol–water partition coefficient (Wildman–Crippen LogP) is 3.06. The van der Waals surface area contributed by atoms with Gasteiger partial charge in [0.05, 0.1) is 11.5 Å². The molecule has 1 saturated heterocycles. The van der Waals surface area contributed by atoms with Gasteiger partial charge in [0.25, 0.3) is 5.69 Å². The SMILES string of the molecule is CCOC(=O)/C(C#N)=C/c1ccc(N2CCCCC2)c([N+](=O)[O-])c1. The number of carbonyl (C=O) groups excluding carboxylic acids is 1. The molecule has 1 fully saturated rings. The van der Waals surface area contributed by atoms with E-state index < -0.39 is 10.9 Å². The third kappa shape index (κ3) is 4.10. The van der Waals surface area contributed by atoms with Crippen LogP contribution in [0.25, 0.3) is 6.08 Å². The molecule has 0 saturated carbocycles. The van der Waals surface area contributed by atoms with Crippen LogP contribution in [0.2, 0.25) is 0 Å². The van der Waals surface area contributed by atoms with Crippen molar-refractivity contribution in [3.8, 4) is 6.07 Å². The summed E-state index contributed by atoms with van der Waals surface area (Å²) in [6.45, 7) is 3.39. The molecular weight excluding hydrogens is 310 g/mol. The lowest BCUT2D eigenvalue weighted by molar-refractivity contribution is -0.384. The molecule has 0 bridgehead atoms. The molecule has 1 aliphatic rings. The van der Waals surface area contributed by atoms with Crippen molar-refractivity contribution in [1.82, 2.24) is 0 Å². The Bertz CT molecular complexity index is 700. The van der Waals surface area contributed by atoms with Gasteiger partial charge >= 0.3 is 5.97 Å². The van der Waals surface area contributed by atoms with Gasteiger partial charge in [0.2, 0.25) is 0 Å². The molecule has 0 spiro atoms. The Balaban J connectivity index is 2.36. The van der Waals surface area contributed by atoms with Crippen LogP contribution in [0.4, 0.5) is 11.4 Å². The van der Waals surface area contributed by atoms with E-state index in [0.29, 0.717) is 11.3 Å². The van der Waals surface area contributed by atoms with E-state index >= 15 is 0 Å². The lowest BCUT2D eigenvalue weighted by atomic mass is 10.1. The molecule has 0 aliphatic carbocycles. The van der Waals surface area contributed by atoms with Gasteiger partial charge in [0, 0.05) is 19.2 Å². The molecule has 7 nitrogen and oxygen atoms in total. The lowest BCUT2D eigenvalue weighted by Crippen LogP contribution is -2.29. The van der Waals surface area contributed by atoms with Gasteiger partial charge in [-0.2, -0.15) is 5.26 Å². The highest BCUT2D eigenvalue weighted by molar-refractivity contribution is 5.98. The molecule has 1 aromatic carbocycles. The first-order valence-electron chi connectivity index (χ1n) is 7.89. The maximum Gasteiger partial charge on any atom is 0.348 e. The first kappa shape index (κ1) is 17.5. The van der Waals surface area contributed by atoms with E-state index in [1.807, 2.05) is 4.90 Å². The fourth-order valence-corrected chi connectivity index (χ4v) is 2.69. The molecule has 0 unspecified atom stereocenters. The summed E-state index contributed by atoms with van der Waals surface area (Å²) in [6.07, 6.45) is 4.47. The van der Waals surface area contributed by atoms with Crippen molar-refractivity contribution in [3.63, 3.8) is 0 Å². The van der Waals surface area contributed by atoms with Crippen molar-refractivity contribution in [2.45, 2.75) is 26.2 Å². The molecule has 2 rings (SSSR count). The van der Waals surface area contributed by atoms with E-state index in [4.69, 9.17) is 10.00 Å². The van der Waals surface area contributed by atoms with E-state index in [0.717, 1.165) is 32.4 Å². The summed E-state index contributed by atoms with van der Waals surface area (Å²) in [6, 6.07) is 6.51. The molecule has 0 atom stereocenters. The molecule has 0 radical (unpaired) electrons. The summed E-state index contributed by atoms with van der Waals surface area (Å²) in [7, 11) is 0. The lowest BCUT2D eigenvalue weighted by Gasteiger charge is -2.28. The summed E-state index contributed by atoms with van der Waals surface area (Å²) in [5.74, 6) is -0.734. The number of esters is 1. The van der Waals surface area contributed by atoms with Crippen LogP contribution in [0.5, 0.6) is 0 Å². The summed E-state index contributed by atoms with van der Waals surface area (Å²) in [4.78, 5) is 24.6. The zero-order chi connectivity index (χ0) is 17.5. The van der Waals surface area contributed by atoms with Gasteiger partial charge in [-0.05, 0) is 43.9 Å². The summed E-state index contributed by atoms with van der Waals surface area (Å²) in [5, 5.41) is 20.5. The first-order chi connectivity index (χ1) is 11.6. The largest absolute Gasteiger partial charge is 0.462 e. The number of nitro benzene ring substituents is 1. The molecular formula is C17H19N3O4. The van der Waals surface area contributed by atoms with Crippen molar-refractivity contribution in [1.29, 1.82) is 5.26 Å². The predicted molar refractivity (Wildman–Crippen MR) is 89.4 cm³/mol. The highest BCUT2D eigenvalue weighted by atomic mass is 16.6. The molecule has 0 N–H and O–H groups in total. The van der Waals surface area contributed by atoms with Crippen LogP contribution < -0.4 is 4.90 Å². The number of benzene rings is 1. The van der Waals surface area contributed by atoms with Gasteiger partial charge in [0.1, 0.15) is 17.3 Å². The van der Waals surface area contributed by atoms with E-state index in [2.05, 4.69) is 0 Å². The minimum Gasteiger partial charge on any atom is -0.462 e. The van der Waals surface area contributed by atoms with E-state index in [1.165, 1.54) is 12.1 Å². The van der Waals surface area contributed by atoms with Crippen LogP contribution >= 0.6 is 0 Å². The van der Waals surface area contributed by atoms with Gasteiger partial charge < -0.3 is 9.64 Å². The third-order valence-electron chi connectivity index (χ3n) is 3.82. The van der Waals surface area contributed by atoms with E-state index in [9.17, 15) is 14.9 Å². The number of nitrogens with zero attached hydrogens (tertiary/aromatic N) is 3. The van der Waals surface area contributed by atoms with Crippen LogP contribution in [0.3, 0.4) is 0 Å². The Labute approximate surface area is 140 Å². The molecule has 0 amide bonds. The van der Waals surface area contributed by atoms with Crippen molar-refractivity contribution < 1.29 is 14.5 Å². The maximum atomic E-state index is 11.7. The molecule has 24 heavy (non-hydrogen) atoms. The zero-order valence-corrected chi connectivity index (χ0v) is 13.5. The van der Waals surface area contributed by atoms with Crippen LogP contribution in [-0.4, -0.2) is 30.6 Å². The molecule has 7 heteroatoms. The second kappa shape index (κ2) is 8.11. The van der Waals surface area contributed by atoms with Crippen LogP contribution in [0, 0.1) is 21.4 Å². The average Bonchev–Trinajstić information content (AvgIpc) is 2.60. The van der Waals surface area contributed by atoms with Crippen molar-refractivity contribution in [2.24, 2.45) is 0 Å². The van der Waals surface area contributed by atoms with Crippen LogP contribution in [0.1, 0.15) is 31.7 Å². The highest BCUT2D eigenvalue weighted by Gasteiger charge is 2.21. The second-order valence-corrected chi connectivity index (χ2v) is 5.44. The van der Waals surface area contributed by atoms with Gasteiger partial charge in [-0.3, -0.25) is 10.1 Å².